The van der Waals surface area contributed by atoms with Gasteiger partial charge in [0, 0.05) is 28.5 Å². The Kier molecular flexibility index (Phi) is 7.03. The normalized spacial score (nSPS) is 11.1. The van der Waals surface area contributed by atoms with E-state index in [9.17, 15) is 4.79 Å². The average molecular weight is 438 g/mol. The van der Waals surface area contributed by atoms with Crippen LogP contribution in [0.2, 0.25) is 5.02 Å². The van der Waals surface area contributed by atoms with E-state index in [1.54, 1.807) is 11.8 Å². The topological polar surface area (TPSA) is 47.8 Å². The molecular weight excluding hydrogens is 418 g/mol. The summed E-state index contributed by atoms with van der Waals surface area (Å²) in [5, 5.41) is 8.93. The average Bonchev–Trinajstić information content (AvgIpc) is 3.24. The zero-order valence-corrected chi connectivity index (χ0v) is 18.6. The summed E-state index contributed by atoms with van der Waals surface area (Å²) in [6, 6.07) is 9.91. The van der Waals surface area contributed by atoms with Gasteiger partial charge < -0.3 is 4.57 Å². The smallest absolute Gasteiger partial charge is 0.175 e. The van der Waals surface area contributed by atoms with E-state index >= 15 is 0 Å². The van der Waals surface area contributed by atoms with E-state index in [4.69, 9.17) is 11.6 Å². The summed E-state index contributed by atoms with van der Waals surface area (Å²) < 4.78 is 3.97. The predicted octanol–water partition coefficient (Wildman–Crippen LogP) is 5.55. The van der Waals surface area contributed by atoms with E-state index in [0.29, 0.717) is 5.75 Å². The fraction of sp³-hybridized carbons (Fsp3) is 0.316. The van der Waals surface area contributed by atoms with Gasteiger partial charge in [0.25, 0.3) is 0 Å². The first-order valence-electron chi connectivity index (χ1n) is 8.42. The highest BCUT2D eigenvalue weighted by Gasteiger charge is 2.17. The third-order valence-electron chi connectivity index (χ3n) is 4.30. The highest BCUT2D eigenvalue weighted by molar-refractivity contribution is 8.03. The summed E-state index contributed by atoms with van der Waals surface area (Å²) in [5.41, 5.74) is 4.16. The Morgan fingerprint density at radius 2 is 1.89 bits per heavy atom. The number of ketones is 1. The number of benzene rings is 1. The van der Waals surface area contributed by atoms with Crippen molar-refractivity contribution in [2.24, 2.45) is 0 Å². The van der Waals surface area contributed by atoms with Crippen LogP contribution in [0.1, 0.15) is 27.3 Å². The first-order valence-corrected chi connectivity index (χ1v) is 11.8. The van der Waals surface area contributed by atoms with Crippen LogP contribution in [0, 0.1) is 13.8 Å². The van der Waals surface area contributed by atoms with Crippen LogP contribution in [0.25, 0.3) is 0 Å². The van der Waals surface area contributed by atoms with Gasteiger partial charge >= 0.3 is 0 Å². The number of rotatable bonds is 8. The molecule has 3 rings (SSSR count). The molecule has 0 bridgehead atoms. The molecule has 4 nitrogen and oxygen atoms in total. The molecule has 0 saturated carbocycles. The molecule has 0 fully saturated rings. The molecule has 1 aromatic carbocycles. The van der Waals surface area contributed by atoms with Gasteiger partial charge in [-0.15, -0.1) is 10.2 Å². The molecule has 0 saturated heterocycles. The molecule has 27 heavy (non-hydrogen) atoms. The lowest BCUT2D eigenvalue weighted by Gasteiger charge is -2.10. The number of Topliss-reactive ketones (excluding diaryl/α,β-unsaturated/α-hetero) is 1. The number of halogens is 1. The van der Waals surface area contributed by atoms with Crippen LogP contribution in [0.5, 0.6) is 0 Å². The van der Waals surface area contributed by atoms with Crippen molar-refractivity contribution in [2.75, 3.05) is 12.0 Å². The largest absolute Gasteiger partial charge is 0.348 e. The summed E-state index contributed by atoms with van der Waals surface area (Å²) >= 11 is 10.5. The van der Waals surface area contributed by atoms with Crippen LogP contribution in [-0.4, -0.2) is 32.6 Å². The number of thioether (sulfide) groups is 2. The van der Waals surface area contributed by atoms with Gasteiger partial charge in [0.15, 0.2) is 14.5 Å². The van der Waals surface area contributed by atoms with Crippen molar-refractivity contribution in [1.82, 2.24) is 14.8 Å². The molecule has 0 radical (unpaired) electrons. The number of hydrogen-bond acceptors (Lipinski definition) is 6. The lowest BCUT2D eigenvalue weighted by molar-refractivity contribution is 0.102. The lowest BCUT2D eigenvalue weighted by Crippen LogP contribution is -2.08. The Bertz CT molecular complexity index is 934. The second-order valence-corrected chi connectivity index (χ2v) is 9.75. The Morgan fingerprint density at radius 3 is 2.56 bits per heavy atom. The second-order valence-electron chi connectivity index (χ2n) is 6.06. The van der Waals surface area contributed by atoms with Gasteiger partial charge in [0.05, 0.1) is 5.75 Å². The Hall–Kier alpha value is -1.28. The van der Waals surface area contributed by atoms with Crippen LogP contribution >= 0.6 is 46.5 Å². The molecule has 8 heteroatoms. The molecule has 0 unspecified atom stereocenters. The molecule has 0 N–H and O–H groups in total. The molecule has 2 heterocycles. The van der Waals surface area contributed by atoms with Crippen molar-refractivity contribution < 1.29 is 4.79 Å². The summed E-state index contributed by atoms with van der Waals surface area (Å²) in [4.78, 5) is 12.7. The number of carbonyl (C=O) groups excluding carboxylic acids is 1. The third-order valence-corrected chi connectivity index (χ3v) is 7.58. The van der Waals surface area contributed by atoms with E-state index in [2.05, 4.69) is 14.8 Å². The van der Waals surface area contributed by atoms with Gasteiger partial charge in [-0.1, -0.05) is 58.6 Å². The Morgan fingerprint density at radius 1 is 1.19 bits per heavy atom. The van der Waals surface area contributed by atoms with Gasteiger partial charge in [-0.2, -0.15) is 0 Å². The number of aryl methyl sites for hydroxylation is 2. The molecule has 0 amide bonds. The Labute approximate surface area is 176 Å². The molecule has 2 aromatic heterocycles. The van der Waals surface area contributed by atoms with Gasteiger partial charge in [-0.25, -0.2) is 0 Å². The number of aromatic nitrogens is 3. The maximum Gasteiger partial charge on any atom is 0.175 e. The summed E-state index contributed by atoms with van der Waals surface area (Å²) in [5.74, 6) is 0.511. The minimum Gasteiger partial charge on any atom is -0.348 e. The maximum absolute atomic E-state index is 12.7. The number of nitrogens with zero attached hydrogens (tertiary/aromatic N) is 3. The molecule has 0 aliphatic heterocycles. The highest BCUT2D eigenvalue weighted by Crippen LogP contribution is 2.28. The van der Waals surface area contributed by atoms with Crippen molar-refractivity contribution in [3.8, 4) is 0 Å². The van der Waals surface area contributed by atoms with Gasteiger partial charge in [-0.05, 0) is 50.3 Å². The molecular formula is C19H20ClN3OS3. The van der Waals surface area contributed by atoms with Crippen LogP contribution in [-0.2, 0) is 13.0 Å². The predicted molar refractivity (Wildman–Crippen MR) is 116 cm³/mol. The first-order chi connectivity index (χ1) is 13.0. The highest BCUT2D eigenvalue weighted by atomic mass is 35.5. The quantitative estimate of drug-likeness (QED) is 0.341. The maximum atomic E-state index is 12.7. The summed E-state index contributed by atoms with van der Waals surface area (Å²) in [6.07, 6.45) is 2.87. The summed E-state index contributed by atoms with van der Waals surface area (Å²) in [7, 11) is 0. The van der Waals surface area contributed by atoms with E-state index in [0.717, 1.165) is 43.6 Å². The van der Waals surface area contributed by atoms with Gasteiger partial charge in [0.1, 0.15) is 0 Å². The van der Waals surface area contributed by atoms with E-state index in [-0.39, 0.29) is 5.78 Å². The fourth-order valence-corrected chi connectivity index (χ4v) is 5.31. The summed E-state index contributed by atoms with van der Waals surface area (Å²) in [6.45, 7) is 4.91. The first kappa shape index (κ1) is 20.5. The zero-order valence-electron chi connectivity index (χ0n) is 15.4. The van der Waals surface area contributed by atoms with Crippen LogP contribution in [0.4, 0.5) is 0 Å². The molecule has 3 aromatic rings. The second kappa shape index (κ2) is 9.28. The third kappa shape index (κ3) is 5.16. The molecule has 0 spiro atoms. The molecule has 0 aliphatic carbocycles. The van der Waals surface area contributed by atoms with Crippen molar-refractivity contribution in [3.05, 3.63) is 57.9 Å². The van der Waals surface area contributed by atoms with Crippen molar-refractivity contribution in [3.63, 3.8) is 0 Å². The lowest BCUT2D eigenvalue weighted by atomic mass is 10.1. The fourth-order valence-electron chi connectivity index (χ4n) is 2.86. The standard InChI is InChI=1S/C19H20ClN3OS3/c1-12-10-16(17(24)11-26-19-22-21-18(25-3)27-19)13(2)23(12)9-8-14-4-6-15(20)7-5-14/h4-7,10H,8-9,11H2,1-3H3. The van der Waals surface area contributed by atoms with Gasteiger partial charge in [0.2, 0.25) is 0 Å². The van der Waals surface area contributed by atoms with Crippen molar-refractivity contribution >= 4 is 52.2 Å². The number of carbonyl (C=O) groups is 1. The van der Waals surface area contributed by atoms with Crippen molar-refractivity contribution in [2.45, 2.75) is 35.5 Å². The zero-order chi connectivity index (χ0) is 19.4. The van der Waals surface area contributed by atoms with Crippen LogP contribution < -0.4 is 0 Å². The minimum atomic E-state index is 0.131. The molecule has 142 valence electrons. The molecule has 0 aliphatic rings. The van der Waals surface area contributed by atoms with E-state index in [1.165, 1.54) is 28.7 Å². The molecule has 0 atom stereocenters. The van der Waals surface area contributed by atoms with E-state index < -0.39 is 0 Å². The monoisotopic (exact) mass is 437 g/mol. The van der Waals surface area contributed by atoms with Crippen LogP contribution in [0.15, 0.2) is 39.0 Å². The van der Waals surface area contributed by atoms with E-state index in [1.807, 2.05) is 50.4 Å². The SMILES string of the molecule is CSc1nnc(SCC(=O)c2cc(C)n(CCc3ccc(Cl)cc3)c2C)s1. The van der Waals surface area contributed by atoms with Gasteiger partial charge in [-0.3, -0.25) is 4.79 Å². The van der Waals surface area contributed by atoms with Crippen LogP contribution in [0.3, 0.4) is 0 Å². The minimum absolute atomic E-state index is 0.131. The Balaban J connectivity index is 1.64. The van der Waals surface area contributed by atoms with Crippen molar-refractivity contribution in [1.29, 1.82) is 0 Å². The number of hydrogen-bond donors (Lipinski definition) is 0.